The molecular weight excluding hydrogens is 298 g/mol. The van der Waals surface area contributed by atoms with E-state index in [9.17, 15) is 4.79 Å². The predicted molar refractivity (Wildman–Crippen MR) is 85.8 cm³/mol. The Morgan fingerprint density at radius 2 is 2.14 bits per heavy atom. The van der Waals surface area contributed by atoms with E-state index in [1.54, 1.807) is 7.11 Å². The summed E-state index contributed by atoms with van der Waals surface area (Å²) in [5.74, 6) is 0.611. The van der Waals surface area contributed by atoms with Crippen molar-refractivity contribution in [1.82, 2.24) is 0 Å². The van der Waals surface area contributed by atoms with E-state index in [1.807, 2.05) is 41.8 Å². The van der Waals surface area contributed by atoms with E-state index < -0.39 is 0 Å². The van der Waals surface area contributed by atoms with Gasteiger partial charge in [0.1, 0.15) is 23.8 Å². The second-order valence-electron chi connectivity index (χ2n) is 4.67. The molecule has 1 aliphatic heterocycles. The van der Waals surface area contributed by atoms with E-state index in [2.05, 4.69) is 4.99 Å². The number of nitrogens with zero attached hydrogens (tertiary/aromatic N) is 3. The zero-order valence-electron chi connectivity index (χ0n) is 11.9. The number of carbonyl (C=O) groups excluding carboxylic acids is 1. The molecule has 1 amide bonds. The molecule has 0 spiro atoms. The van der Waals surface area contributed by atoms with Gasteiger partial charge < -0.3 is 4.74 Å². The Hall–Kier alpha value is -2.65. The summed E-state index contributed by atoms with van der Waals surface area (Å²) in [6, 6.07) is 11.5. The van der Waals surface area contributed by atoms with Crippen LogP contribution in [0.4, 0.5) is 5.00 Å². The minimum Gasteiger partial charge on any atom is -0.497 e. The highest BCUT2D eigenvalue weighted by molar-refractivity contribution is 7.14. The number of carbonyl (C=O) groups is 1. The first-order chi connectivity index (χ1) is 10.7. The van der Waals surface area contributed by atoms with Crippen molar-refractivity contribution in [2.24, 2.45) is 4.99 Å². The summed E-state index contributed by atoms with van der Waals surface area (Å²) >= 11 is 1.45. The Morgan fingerprint density at radius 1 is 1.36 bits per heavy atom. The first-order valence-corrected chi connectivity index (χ1v) is 7.56. The van der Waals surface area contributed by atoms with E-state index in [-0.39, 0.29) is 19.0 Å². The average Bonchev–Trinajstić information content (AvgIpc) is 2.97. The second kappa shape index (κ2) is 6.00. The van der Waals surface area contributed by atoms with Crippen molar-refractivity contribution >= 4 is 28.0 Å². The maximum Gasteiger partial charge on any atom is 0.250 e. The zero-order valence-corrected chi connectivity index (χ0v) is 12.8. The van der Waals surface area contributed by atoms with Crippen LogP contribution in [0.1, 0.15) is 11.1 Å². The number of benzene rings is 1. The van der Waals surface area contributed by atoms with Gasteiger partial charge in [0.2, 0.25) is 5.91 Å². The molecular formula is C16H13N3O2S. The smallest absolute Gasteiger partial charge is 0.250 e. The molecule has 0 saturated heterocycles. The Kier molecular flexibility index (Phi) is 3.90. The Bertz CT molecular complexity index is 771. The first kappa shape index (κ1) is 14.3. The molecule has 110 valence electrons. The number of rotatable bonds is 3. The van der Waals surface area contributed by atoms with Crippen molar-refractivity contribution in [3.8, 4) is 11.8 Å². The number of fused-ring (bicyclic) bond motifs is 1. The number of ether oxygens (including phenoxy) is 1. The molecule has 0 atom stereocenters. The van der Waals surface area contributed by atoms with Gasteiger partial charge in [0.05, 0.1) is 18.9 Å². The monoisotopic (exact) mass is 311 g/mol. The molecule has 6 heteroatoms. The maximum atomic E-state index is 12.2. The van der Waals surface area contributed by atoms with Crippen molar-refractivity contribution in [1.29, 1.82) is 5.26 Å². The summed E-state index contributed by atoms with van der Waals surface area (Å²) in [6.45, 7) is 0.0855. The van der Waals surface area contributed by atoms with Crippen LogP contribution in [0.3, 0.4) is 0 Å². The van der Waals surface area contributed by atoms with Gasteiger partial charge in [0.15, 0.2) is 0 Å². The fourth-order valence-corrected chi connectivity index (χ4v) is 3.27. The quantitative estimate of drug-likeness (QED) is 0.818. The van der Waals surface area contributed by atoms with Crippen LogP contribution < -0.4 is 9.64 Å². The molecule has 3 rings (SSSR count). The Balaban J connectivity index is 2.06. The van der Waals surface area contributed by atoms with Crippen LogP contribution in [-0.2, 0) is 4.79 Å². The minimum atomic E-state index is -0.159. The lowest BCUT2D eigenvalue weighted by Gasteiger charge is -2.16. The molecule has 1 aromatic carbocycles. The van der Waals surface area contributed by atoms with Crippen molar-refractivity contribution in [2.75, 3.05) is 25.1 Å². The molecule has 0 N–H and O–H groups in total. The summed E-state index contributed by atoms with van der Waals surface area (Å²) in [5.41, 5.74) is 2.58. The van der Waals surface area contributed by atoms with Crippen LogP contribution in [0.5, 0.6) is 5.75 Å². The maximum absolute atomic E-state index is 12.2. The van der Waals surface area contributed by atoms with Crippen LogP contribution in [0.2, 0.25) is 0 Å². The molecule has 0 unspecified atom stereocenters. The lowest BCUT2D eigenvalue weighted by Crippen LogP contribution is -2.32. The van der Waals surface area contributed by atoms with Gasteiger partial charge in [-0.15, -0.1) is 11.3 Å². The lowest BCUT2D eigenvalue weighted by atomic mass is 10.0. The summed E-state index contributed by atoms with van der Waals surface area (Å²) < 4.78 is 5.17. The third-order valence-corrected chi connectivity index (χ3v) is 4.35. The molecule has 0 aliphatic carbocycles. The number of methoxy groups -OCH3 is 1. The lowest BCUT2D eigenvalue weighted by molar-refractivity contribution is -0.117. The van der Waals surface area contributed by atoms with Gasteiger partial charge in [-0.3, -0.25) is 14.7 Å². The second-order valence-corrected chi connectivity index (χ2v) is 5.57. The molecule has 0 saturated carbocycles. The highest BCUT2D eigenvalue weighted by Gasteiger charge is 2.26. The van der Waals surface area contributed by atoms with Crippen LogP contribution in [0, 0.1) is 11.3 Å². The fraction of sp³-hybridized carbons (Fsp3) is 0.188. The molecule has 22 heavy (non-hydrogen) atoms. The largest absolute Gasteiger partial charge is 0.497 e. The highest BCUT2D eigenvalue weighted by atomic mass is 32.1. The predicted octanol–water partition coefficient (Wildman–Crippen LogP) is 2.46. The van der Waals surface area contributed by atoms with E-state index in [4.69, 9.17) is 10.00 Å². The van der Waals surface area contributed by atoms with Crippen molar-refractivity contribution < 1.29 is 9.53 Å². The van der Waals surface area contributed by atoms with Crippen LogP contribution in [-0.4, -0.2) is 31.8 Å². The number of amides is 1. The van der Waals surface area contributed by atoms with Gasteiger partial charge in [0, 0.05) is 11.1 Å². The van der Waals surface area contributed by atoms with Crippen molar-refractivity contribution in [3.05, 3.63) is 46.8 Å². The summed E-state index contributed by atoms with van der Waals surface area (Å²) in [7, 11) is 1.62. The molecule has 2 heterocycles. The van der Waals surface area contributed by atoms with Gasteiger partial charge in [-0.2, -0.15) is 5.26 Å². The molecule has 0 fully saturated rings. The number of hydrogen-bond donors (Lipinski definition) is 0. The number of anilines is 1. The Morgan fingerprint density at radius 3 is 2.82 bits per heavy atom. The van der Waals surface area contributed by atoms with Crippen LogP contribution in [0.25, 0.3) is 0 Å². The van der Waals surface area contributed by atoms with Gasteiger partial charge >= 0.3 is 0 Å². The first-order valence-electron chi connectivity index (χ1n) is 6.68. The van der Waals surface area contributed by atoms with Gasteiger partial charge in [-0.05, 0) is 35.7 Å². The average molecular weight is 311 g/mol. The third-order valence-electron chi connectivity index (χ3n) is 3.41. The molecule has 1 aliphatic rings. The van der Waals surface area contributed by atoms with Gasteiger partial charge in [-0.25, -0.2) is 0 Å². The molecule has 0 bridgehead atoms. The molecule has 1 aromatic heterocycles. The minimum absolute atomic E-state index is 0.0394. The third kappa shape index (κ3) is 2.47. The van der Waals surface area contributed by atoms with Crippen LogP contribution in [0.15, 0.2) is 40.7 Å². The number of hydrogen-bond acceptors (Lipinski definition) is 5. The highest BCUT2D eigenvalue weighted by Crippen LogP contribution is 2.32. The fourth-order valence-electron chi connectivity index (χ4n) is 2.35. The molecule has 2 aromatic rings. The summed E-state index contributed by atoms with van der Waals surface area (Å²) in [5, 5.41) is 11.6. The van der Waals surface area contributed by atoms with Crippen molar-refractivity contribution in [3.63, 3.8) is 0 Å². The van der Waals surface area contributed by atoms with Gasteiger partial charge in [0.25, 0.3) is 0 Å². The molecule has 0 radical (unpaired) electrons. The van der Waals surface area contributed by atoms with Crippen molar-refractivity contribution in [2.45, 2.75) is 0 Å². The number of aliphatic imine (C=N–C) groups is 1. The SMILES string of the molecule is COc1ccc(C2=NCC(=O)N(CC#N)c3sccc32)cc1. The van der Waals surface area contributed by atoms with E-state index >= 15 is 0 Å². The molecule has 5 nitrogen and oxygen atoms in total. The number of nitriles is 1. The standard InChI is InChI=1S/C16H13N3O2S/c1-21-12-4-2-11(3-5-12)15-13-6-9-22-16(13)19(8-7-17)14(20)10-18-15/h2-6,9H,8,10H2,1H3. The summed E-state index contributed by atoms with van der Waals surface area (Å²) in [6.07, 6.45) is 0. The van der Waals surface area contributed by atoms with E-state index in [1.165, 1.54) is 16.2 Å². The van der Waals surface area contributed by atoms with E-state index in [0.29, 0.717) is 0 Å². The summed E-state index contributed by atoms with van der Waals surface area (Å²) in [4.78, 5) is 18.2. The zero-order chi connectivity index (χ0) is 15.5. The topological polar surface area (TPSA) is 65.7 Å². The van der Waals surface area contributed by atoms with E-state index in [0.717, 1.165) is 27.6 Å². The Labute approximate surface area is 132 Å². The van der Waals surface area contributed by atoms with Gasteiger partial charge in [-0.1, -0.05) is 0 Å². The number of thiophene rings is 1. The normalized spacial score (nSPS) is 13.9. The van der Waals surface area contributed by atoms with Crippen LogP contribution >= 0.6 is 11.3 Å².